The van der Waals surface area contributed by atoms with E-state index in [4.69, 9.17) is 5.73 Å². The van der Waals surface area contributed by atoms with Crippen LogP contribution >= 0.6 is 11.3 Å². The van der Waals surface area contributed by atoms with Crippen molar-refractivity contribution in [3.05, 3.63) is 21.9 Å². The lowest BCUT2D eigenvalue weighted by Crippen LogP contribution is -2.44. The molecule has 0 saturated carbocycles. The molecule has 2 N–H and O–H groups in total. The zero-order valence-electron chi connectivity index (χ0n) is 13.2. The van der Waals surface area contributed by atoms with Gasteiger partial charge in [0.05, 0.1) is 12.6 Å². The lowest BCUT2D eigenvalue weighted by atomic mass is 10.0. The molecule has 0 aliphatic rings. The quantitative estimate of drug-likeness (QED) is 0.840. The van der Waals surface area contributed by atoms with Crippen LogP contribution in [0.2, 0.25) is 0 Å². The van der Waals surface area contributed by atoms with Crippen molar-refractivity contribution in [1.29, 1.82) is 0 Å². The van der Waals surface area contributed by atoms with Crippen LogP contribution < -0.4 is 5.73 Å². The van der Waals surface area contributed by atoms with E-state index >= 15 is 0 Å². The Bertz CT molecular complexity index is 427. The highest BCUT2D eigenvalue weighted by atomic mass is 32.1. The van der Waals surface area contributed by atoms with Gasteiger partial charge >= 0.3 is 0 Å². The Morgan fingerprint density at radius 3 is 2.40 bits per heavy atom. The number of amides is 1. The third-order valence-corrected chi connectivity index (χ3v) is 4.73. The average Bonchev–Trinajstić information content (AvgIpc) is 2.77. The van der Waals surface area contributed by atoms with E-state index in [1.54, 1.807) is 11.3 Å². The molecule has 0 aromatic carbocycles. The molecular weight excluding hydrogens is 270 g/mol. The van der Waals surface area contributed by atoms with Crippen LogP contribution in [0.4, 0.5) is 0 Å². The summed E-state index contributed by atoms with van der Waals surface area (Å²) in [6, 6.07) is 2.19. The first-order valence-electron chi connectivity index (χ1n) is 7.19. The first-order valence-corrected chi connectivity index (χ1v) is 8.07. The number of rotatable bonds is 7. The highest BCUT2D eigenvalue weighted by molar-refractivity contribution is 7.10. The van der Waals surface area contributed by atoms with E-state index in [2.05, 4.69) is 23.3 Å². The Kier molecular flexibility index (Phi) is 6.65. The molecular formula is C15H27N3OS. The lowest BCUT2D eigenvalue weighted by molar-refractivity contribution is -0.132. The summed E-state index contributed by atoms with van der Waals surface area (Å²) in [6.45, 7) is 10.0. The minimum atomic E-state index is -0.0122. The molecule has 0 aliphatic heterocycles. The summed E-state index contributed by atoms with van der Waals surface area (Å²) < 4.78 is 0. The van der Waals surface area contributed by atoms with Gasteiger partial charge in [0.1, 0.15) is 0 Å². The summed E-state index contributed by atoms with van der Waals surface area (Å²) in [6.07, 6.45) is 0. The van der Waals surface area contributed by atoms with Crippen molar-refractivity contribution < 1.29 is 4.79 Å². The smallest absolute Gasteiger partial charge is 0.236 e. The van der Waals surface area contributed by atoms with Crippen molar-refractivity contribution in [3.8, 4) is 0 Å². The molecule has 1 aromatic rings. The third-order valence-electron chi connectivity index (χ3n) is 3.64. The molecule has 0 bridgehead atoms. The van der Waals surface area contributed by atoms with Crippen LogP contribution in [0, 0.1) is 6.92 Å². The zero-order chi connectivity index (χ0) is 15.3. The largest absolute Gasteiger partial charge is 0.342 e. The fourth-order valence-electron chi connectivity index (χ4n) is 2.52. The molecule has 20 heavy (non-hydrogen) atoms. The minimum absolute atomic E-state index is 0.0122. The van der Waals surface area contributed by atoms with Crippen molar-refractivity contribution in [3.63, 3.8) is 0 Å². The number of hydrogen-bond donors (Lipinski definition) is 1. The fraction of sp³-hybridized carbons (Fsp3) is 0.667. The maximum absolute atomic E-state index is 12.2. The second-order valence-corrected chi connectivity index (χ2v) is 6.20. The first-order chi connectivity index (χ1) is 9.42. The molecule has 1 amide bonds. The standard InChI is InChI=1S/C15H27N3OS/c1-6-18(7-2)13(19)10-17(5)14(12(4)16)15-11(3)8-9-20-15/h8-9,12,14H,6-7,10,16H2,1-5H3. The number of carbonyl (C=O) groups is 1. The Balaban J connectivity index is 2.83. The van der Waals surface area contributed by atoms with Gasteiger partial charge in [-0.25, -0.2) is 0 Å². The maximum Gasteiger partial charge on any atom is 0.236 e. The van der Waals surface area contributed by atoms with Gasteiger partial charge in [0.15, 0.2) is 0 Å². The van der Waals surface area contributed by atoms with Crippen LogP contribution in [0.3, 0.4) is 0 Å². The van der Waals surface area contributed by atoms with Gasteiger partial charge in [-0.1, -0.05) is 0 Å². The summed E-state index contributed by atoms with van der Waals surface area (Å²) >= 11 is 1.71. The van der Waals surface area contributed by atoms with E-state index in [9.17, 15) is 4.79 Å². The Morgan fingerprint density at radius 2 is 2.00 bits per heavy atom. The van der Waals surface area contributed by atoms with Crippen molar-refractivity contribution in [1.82, 2.24) is 9.80 Å². The summed E-state index contributed by atoms with van der Waals surface area (Å²) in [7, 11) is 1.98. The van der Waals surface area contributed by atoms with Crippen LogP contribution in [-0.2, 0) is 4.79 Å². The number of nitrogens with zero attached hydrogens (tertiary/aromatic N) is 2. The normalized spacial score (nSPS) is 14.3. The molecule has 0 spiro atoms. The Morgan fingerprint density at radius 1 is 1.40 bits per heavy atom. The van der Waals surface area contributed by atoms with Gasteiger partial charge in [-0.15, -0.1) is 11.3 Å². The number of hydrogen-bond acceptors (Lipinski definition) is 4. The van der Waals surface area contributed by atoms with Gasteiger partial charge < -0.3 is 10.6 Å². The van der Waals surface area contributed by atoms with Crippen LogP contribution in [-0.4, -0.2) is 48.4 Å². The van der Waals surface area contributed by atoms with E-state index in [0.29, 0.717) is 6.54 Å². The monoisotopic (exact) mass is 297 g/mol. The number of nitrogens with two attached hydrogens (primary N) is 1. The Labute approximate surface area is 126 Å². The molecule has 0 saturated heterocycles. The molecule has 0 aliphatic carbocycles. The molecule has 4 nitrogen and oxygen atoms in total. The second kappa shape index (κ2) is 7.76. The molecule has 1 heterocycles. The SMILES string of the molecule is CCN(CC)C(=O)CN(C)C(c1sccc1C)C(C)N. The van der Waals surface area contributed by atoms with Crippen LogP contribution in [0.15, 0.2) is 11.4 Å². The molecule has 1 aromatic heterocycles. The minimum Gasteiger partial charge on any atom is -0.342 e. The summed E-state index contributed by atoms with van der Waals surface area (Å²) in [5, 5.41) is 2.08. The maximum atomic E-state index is 12.2. The van der Waals surface area contributed by atoms with E-state index < -0.39 is 0 Å². The predicted molar refractivity (Wildman–Crippen MR) is 86.0 cm³/mol. The second-order valence-electron chi connectivity index (χ2n) is 5.25. The summed E-state index contributed by atoms with van der Waals surface area (Å²) in [5.41, 5.74) is 7.40. The van der Waals surface area contributed by atoms with E-state index in [-0.39, 0.29) is 18.0 Å². The highest BCUT2D eigenvalue weighted by Gasteiger charge is 2.26. The van der Waals surface area contributed by atoms with E-state index in [1.165, 1.54) is 10.4 Å². The molecule has 0 radical (unpaired) electrons. The van der Waals surface area contributed by atoms with Crippen LogP contribution in [0.1, 0.15) is 37.3 Å². The average molecular weight is 297 g/mol. The van der Waals surface area contributed by atoms with Gasteiger partial charge in [-0.2, -0.15) is 0 Å². The van der Waals surface area contributed by atoms with Gasteiger partial charge in [-0.3, -0.25) is 9.69 Å². The van der Waals surface area contributed by atoms with Crippen LogP contribution in [0.25, 0.3) is 0 Å². The van der Waals surface area contributed by atoms with Gasteiger partial charge in [0.2, 0.25) is 5.91 Å². The van der Waals surface area contributed by atoms with E-state index in [1.807, 2.05) is 32.7 Å². The summed E-state index contributed by atoms with van der Waals surface area (Å²) in [5.74, 6) is 0.164. The Hall–Kier alpha value is -0.910. The van der Waals surface area contributed by atoms with Crippen molar-refractivity contribution in [2.75, 3.05) is 26.7 Å². The molecule has 0 fully saturated rings. The molecule has 2 atom stereocenters. The first kappa shape index (κ1) is 17.1. The van der Waals surface area contributed by atoms with Gasteiger partial charge in [-0.05, 0) is 51.8 Å². The van der Waals surface area contributed by atoms with Crippen molar-refractivity contribution in [2.24, 2.45) is 5.73 Å². The number of aryl methyl sites for hydroxylation is 1. The zero-order valence-corrected chi connectivity index (χ0v) is 14.0. The fourth-order valence-corrected chi connectivity index (χ4v) is 3.72. The molecule has 114 valence electrons. The van der Waals surface area contributed by atoms with E-state index in [0.717, 1.165) is 13.1 Å². The lowest BCUT2D eigenvalue weighted by Gasteiger charge is -2.32. The third kappa shape index (κ3) is 4.04. The molecule has 5 heteroatoms. The van der Waals surface area contributed by atoms with Crippen LogP contribution in [0.5, 0.6) is 0 Å². The number of likely N-dealkylation sites (N-methyl/N-ethyl adjacent to an activating group) is 2. The predicted octanol–water partition coefficient (Wildman–Crippen LogP) is 2.25. The molecule has 2 unspecified atom stereocenters. The van der Waals surface area contributed by atoms with Crippen molar-refractivity contribution >= 4 is 17.2 Å². The number of thiophene rings is 1. The number of carbonyl (C=O) groups excluding carboxylic acids is 1. The van der Waals surface area contributed by atoms with Crippen molar-refractivity contribution in [2.45, 2.75) is 39.8 Å². The van der Waals surface area contributed by atoms with Gasteiger partial charge in [0, 0.05) is 24.0 Å². The topological polar surface area (TPSA) is 49.6 Å². The molecule has 1 rings (SSSR count). The highest BCUT2D eigenvalue weighted by Crippen LogP contribution is 2.29. The summed E-state index contributed by atoms with van der Waals surface area (Å²) in [4.78, 5) is 17.4. The van der Waals surface area contributed by atoms with Gasteiger partial charge in [0.25, 0.3) is 0 Å².